The molecule has 1 aromatic heterocycles. The van der Waals surface area contributed by atoms with Crippen LogP contribution >= 0.6 is 11.3 Å². The van der Waals surface area contributed by atoms with Gasteiger partial charge in [0.15, 0.2) is 0 Å². The van der Waals surface area contributed by atoms with Crippen molar-refractivity contribution < 1.29 is 0 Å². The van der Waals surface area contributed by atoms with Crippen molar-refractivity contribution in [1.82, 2.24) is 10.3 Å². The summed E-state index contributed by atoms with van der Waals surface area (Å²) in [6.45, 7) is 5.53. The number of hydrogen-bond donors (Lipinski definition) is 1. The van der Waals surface area contributed by atoms with Gasteiger partial charge in [0.25, 0.3) is 0 Å². The normalized spacial score (nSPS) is 17.1. The Morgan fingerprint density at radius 2 is 2.06 bits per heavy atom. The predicted octanol–water partition coefficient (Wildman–Crippen LogP) is 4.08. The van der Waals surface area contributed by atoms with Crippen molar-refractivity contribution in [3.8, 4) is 0 Å². The van der Waals surface area contributed by atoms with Crippen LogP contribution in [0.5, 0.6) is 0 Å². The number of thiazole rings is 1. The van der Waals surface area contributed by atoms with E-state index in [4.69, 9.17) is 0 Å². The molecule has 1 heterocycles. The van der Waals surface area contributed by atoms with Crippen LogP contribution in [0.2, 0.25) is 0 Å². The Kier molecular flexibility index (Phi) is 4.99. The van der Waals surface area contributed by atoms with Crippen LogP contribution in [0.4, 0.5) is 0 Å². The molecule has 1 saturated carbocycles. The minimum Gasteiger partial charge on any atom is -0.309 e. The Labute approximate surface area is 109 Å². The molecule has 1 N–H and O–H groups in total. The lowest BCUT2D eigenvalue weighted by Crippen LogP contribution is -2.24. The molecule has 0 saturated heterocycles. The molecule has 0 aromatic carbocycles. The van der Waals surface area contributed by atoms with Gasteiger partial charge in [-0.3, -0.25) is 0 Å². The van der Waals surface area contributed by atoms with Crippen molar-refractivity contribution in [3.05, 3.63) is 16.1 Å². The second kappa shape index (κ2) is 6.50. The zero-order chi connectivity index (χ0) is 12.1. The van der Waals surface area contributed by atoms with Gasteiger partial charge in [-0.25, -0.2) is 4.98 Å². The van der Waals surface area contributed by atoms with Crippen molar-refractivity contribution >= 4 is 11.3 Å². The summed E-state index contributed by atoms with van der Waals surface area (Å²) in [6.07, 6.45) is 10.0. The number of aromatic nitrogens is 1. The third-order valence-corrected chi connectivity index (χ3v) is 4.99. The first-order valence-electron chi connectivity index (χ1n) is 7.01. The molecule has 1 aromatic rings. The first kappa shape index (κ1) is 13.0. The molecule has 0 unspecified atom stereocenters. The van der Waals surface area contributed by atoms with Crippen LogP contribution in [0, 0.1) is 0 Å². The van der Waals surface area contributed by atoms with Gasteiger partial charge in [0, 0.05) is 29.6 Å². The zero-order valence-electron chi connectivity index (χ0n) is 11.0. The molecule has 2 rings (SSSR count). The Bertz CT molecular complexity index is 325. The maximum atomic E-state index is 4.58. The lowest BCUT2D eigenvalue weighted by Gasteiger charge is -2.10. The molecule has 0 radical (unpaired) electrons. The summed E-state index contributed by atoms with van der Waals surface area (Å²) in [5, 5.41) is 4.99. The molecular formula is C14H24N2S. The molecule has 0 spiro atoms. The highest BCUT2D eigenvalue weighted by atomic mass is 32.1. The van der Waals surface area contributed by atoms with E-state index in [1.165, 1.54) is 48.4 Å². The number of nitrogens with zero attached hydrogens (tertiary/aromatic N) is 1. The maximum absolute atomic E-state index is 4.58. The van der Waals surface area contributed by atoms with Crippen molar-refractivity contribution in [1.29, 1.82) is 0 Å². The fourth-order valence-corrected chi connectivity index (χ4v) is 3.74. The van der Waals surface area contributed by atoms with Crippen LogP contribution in [0.15, 0.2) is 6.20 Å². The van der Waals surface area contributed by atoms with Gasteiger partial charge in [-0.1, -0.05) is 26.7 Å². The van der Waals surface area contributed by atoms with E-state index in [9.17, 15) is 0 Å². The smallest absolute Gasteiger partial charge is 0.0958 e. The highest BCUT2D eigenvalue weighted by molar-refractivity contribution is 7.11. The van der Waals surface area contributed by atoms with E-state index < -0.39 is 0 Å². The minimum absolute atomic E-state index is 0.667. The summed E-state index contributed by atoms with van der Waals surface area (Å²) >= 11 is 1.90. The van der Waals surface area contributed by atoms with Crippen molar-refractivity contribution in [2.75, 3.05) is 0 Å². The van der Waals surface area contributed by atoms with Gasteiger partial charge < -0.3 is 5.32 Å². The highest BCUT2D eigenvalue weighted by Gasteiger charge is 2.15. The van der Waals surface area contributed by atoms with Crippen LogP contribution in [-0.4, -0.2) is 11.0 Å². The van der Waals surface area contributed by atoms with E-state index in [0.29, 0.717) is 5.92 Å². The third kappa shape index (κ3) is 3.52. The fourth-order valence-electron chi connectivity index (χ4n) is 2.61. The van der Waals surface area contributed by atoms with E-state index in [1.807, 2.05) is 11.3 Å². The van der Waals surface area contributed by atoms with Crippen LogP contribution in [0.1, 0.15) is 68.2 Å². The molecule has 2 nitrogen and oxygen atoms in total. The third-order valence-electron chi connectivity index (χ3n) is 3.83. The average Bonchev–Trinajstić information content (AvgIpc) is 2.99. The van der Waals surface area contributed by atoms with Crippen molar-refractivity contribution in [2.24, 2.45) is 0 Å². The van der Waals surface area contributed by atoms with Gasteiger partial charge in [-0.2, -0.15) is 0 Å². The molecule has 0 amide bonds. The quantitative estimate of drug-likeness (QED) is 0.825. The van der Waals surface area contributed by atoms with Gasteiger partial charge in [0.2, 0.25) is 0 Å². The monoisotopic (exact) mass is 252 g/mol. The van der Waals surface area contributed by atoms with Gasteiger partial charge in [-0.05, 0) is 25.7 Å². The number of hydrogen-bond acceptors (Lipinski definition) is 3. The van der Waals surface area contributed by atoms with Crippen LogP contribution < -0.4 is 5.32 Å². The summed E-state index contributed by atoms with van der Waals surface area (Å²) in [7, 11) is 0. The SMILES string of the molecule is CCC(CC)c1ncc(CNC2CCCC2)s1. The molecule has 1 aliphatic rings. The van der Waals surface area contributed by atoms with Gasteiger partial charge in [0.05, 0.1) is 5.01 Å². The molecule has 0 atom stereocenters. The molecule has 3 heteroatoms. The second-order valence-corrected chi connectivity index (χ2v) is 6.19. The molecule has 1 fully saturated rings. The van der Waals surface area contributed by atoms with E-state index in [1.54, 1.807) is 0 Å². The summed E-state index contributed by atoms with van der Waals surface area (Å²) in [4.78, 5) is 5.98. The molecular weight excluding hydrogens is 228 g/mol. The van der Waals surface area contributed by atoms with E-state index in [-0.39, 0.29) is 0 Å². The van der Waals surface area contributed by atoms with Crippen LogP contribution in [-0.2, 0) is 6.54 Å². The second-order valence-electron chi connectivity index (χ2n) is 5.04. The van der Waals surface area contributed by atoms with E-state index >= 15 is 0 Å². The van der Waals surface area contributed by atoms with Gasteiger partial charge in [0.1, 0.15) is 0 Å². The van der Waals surface area contributed by atoms with Gasteiger partial charge in [-0.15, -0.1) is 11.3 Å². The maximum Gasteiger partial charge on any atom is 0.0958 e. The lowest BCUT2D eigenvalue weighted by atomic mass is 10.1. The molecule has 0 bridgehead atoms. The molecule has 1 aliphatic carbocycles. The highest BCUT2D eigenvalue weighted by Crippen LogP contribution is 2.27. The summed E-state index contributed by atoms with van der Waals surface area (Å²) in [5.74, 6) is 0.667. The summed E-state index contributed by atoms with van der Waals surface area (Å²) in [6, 6.07) is 0.758. The van der Waals surface area contributed by atoms with Gasteiger partial charge >= 0.3 is 0 Å². The Morgan fingerprint density at radius 3 is 2.71 bits per heavy atom. The average molecular weight is 252 g/mol. The van der Waals surface area contributed by atoms with E-state index in [0.717, 1.165) is 12.6 Å². The summed E-state index contributed by atoms with van der Waals surface area (Å²) < 4.78 is 0. The predicted molar refractivity (Wildman–Crippen MR) is 74.5 cm³/mol. The van der Waals surface area contributed by atoms with Crippen molar-refractivity contribution in [3.63, 3.8) is 0 Å². The standard InChI is InChI=1S/C14H24N2S/c1-3-11(4-2)14-16-10-13(17-14)9-15-12-7-5-6-8-12/h10-12,15H,3-9H2,1-2H3. The van der Waals surface area contributed by atoms with Crippen LogP contribution in [0.3, 0.4) is 0 Å². The Hall–Kier alpha value is -0.410. The zero-order valence-corrected chi connectivity index (χ0v) is 11.9. The van der Waals surface area contributed by atoms with Crippen molar-refractivity contribution in [2.45, 2.75) is 70.9 Å². The first-order valence-corrected chi connectivity index (χ1v) is 7.83. The topological polar surface area (TPSA) is 24.9 Å². The lowest BCUT2D eigenvalue weighted by molar-refractivity contribution is 0.527. The Morgan fingerprint density at radius 1 is 1.35 bits per heavy atom. The molecule has 96 valence electrons. The fraction of sp³-hybridized carbons (Fsp3) is 0.786. The summed E-state index contributed by atoms with van der Waals surface area (Å²) in [5.41, 5.74) is 0. The van der Waals surface area contributed by atoms with Crippen LogP contribution in [0.25, 0.3) is 0 Å². The number of nitrogens with one attached hydrogen (secondary N) is 1. The largest absolute Gasteiger partial charge is 0.309 e. The van der Waals surface area contributed by atoms with E-state index in [2.05, 4.69) is 30.3 Å². The molecule has 17 heavy (non-hydrogen) atoms. The Balaban J connectivity index is 1.84. The first-order chi connectivity index (χ1) is 8.33. The minimum atomic E-state index is 0.667. The number of rotatable bonds is 6. The molecule has 0 aliphatic heterocycles.